The third-order valence-corrected chi connectivity index (χ3v) is 4.58. The second kappa shape index (κ2) is 9.15. The molecular formula is C21H28O6. The molecule has 0 saturated heterocycles. The molecule has 0 radical (unpaired) electrons. The second-order valence-electron chi connectivity index (χ2n) is 6.91. The quantitative estimate of drug-likeness (QED) is 0.607. The van der Waals surface area contributed by atoms with Crippen LogP contribution < -0.4 is 0 Å². The van der Waals surface area contributed by atoms with E-state index in [9.17, 15) is 14.7 Å². The Morgan fingerprint density at radius 1 is 1.19 bits per heavy atom. The van der Waals surface area contributed by atoms with Crippen LogP contribution in [0.2, 0.25) is 0 Å². The van der Waals surface area contributed by atoms with Gasteiger partial charge in [-0.05, 0) is 50.5 Å². The van der Waals surface area contributed by atoms with Gasteiger partial charge in [0.25, 0.3) is 0 Å². The molecule has 1 aliphatic carbocycles. The van der Waals surface area contributed by atoms with Crippen LogP contribution in [0.5, 0.6) is 0 Å². The van der Waals surface area contributed by atoms with Gasteiger partial charge in [0.05, 0.1) is 11.7 Å². The molecular weight excluding hydrogens is 348 g/mol. The molecule has 0 spiro atoms. The molecule has 0 amide bonds. The minimum atomic E-state index is -0.984. The van der Waals surface area contributed by atoms with E-state index in [2.05, 4.69) is 0 Å². The van der Waals surface area contributed by atoms with Gasteiger partial charge in [-0.25, -0.2) is 4.79 Å². The maximum Gasteiger partial charge on any atom is 0.339 e. The Bertz CT molecular complexity index is 713. The summed E-state index contributed by atoms with van der Waals surface area (Å²) in [5.74, 6) is -0.861. The van der Waals surface area contributed by atoms with E-state index in [1.165, 1.54) is 6.92 Å². The zero-order valence-corrected chi connectivity index (χ0v) is 16.6. The lowest BCUT2D eigenvalue weighted by atomic mass is 9.92. The van der Waals surface area contributed by atoms with E-state index in [0.29, 0.717) is 24.2 Å². The summed E-state index contributed by atoms with van der Waals surface area (Å²) >= 11 is 0. The second-order valence-corrected chi connectivity index (χ2v) is 6.91. The van der Waals surface area contributed by atoms with Crippen molar-refractivity contribution in [1.82, 2.24) is 0 Å². The molecule has 1 aromatic carbocycles. The number of benzene rings is 1. The molecule has 27 heavy (non-hydrogen) atoms. The third kappa shape index (κ3) is 5.40. The summed E-state index contributed by atoms with van der Waals surface area (Å²) in [5.41, 5.74) is 3.96. The predicted molar refractivity (Wildman–Crippen MR) is 101 cm³/mol. The number of esters is 2. The van der Waals surface area contributed by atoms with Crippen molar-refractivity contribution in [3.63, 3.8) is 0 Å². The third-order valence-electron chi connectivity index (χ3n) is 4.58. The lowest BCUT2D eigenvalue weighted by Crippen LogP contribution is -2.40. The number of hydrogen-bond acceptors (Lipinski definition) is 6. The summed E-state index contributed by atoms with van der Waals surface area (Å²) in [4.78, 5) is 23.8. The number of carbonyl (C=O) groups excluding carboxylic acids is 2. The highest BCUT2D eigenvalue weighted by molar-refractivity contribution is 5.93. The van der Waals surface area contributed by atoms with Crippen molar-refractivity contribution in [2.75, 3.05) is 13.2 Å². The molecule has 0 aromatic heterocycles. The van der Waals surface area contributed by atoms with Crippen molar-refractivity contribution in [3.05, 3.63) is 46.0 Å². The first kappa shape index (κ1) is 21.1. The molecule has 0 unspecified atom stereocenters. The van der Waals surface area contributed by atoms with E-state index in [1.807, 2.05) is 39.8 Å². The summed E-state index contributed by atoms with van der Waals surface area (Å²) < 4.78 is 16.3. The van der Waals surface area contributed by atoms with E-state index < -0.39 is 24.1 Å². The van der Waals surface area contributed by atoms with Gasteiger partial charge in [0.2, 0.25) is 0 Å². The number of rotatable bonds is 6. The van der Waals surface area contributed by atoms with Gasteiger partial charge in [-0.15, -0.1) is 0 Å². The van der Waals surface area contributed by atoms with Crippen LogP contribution in [-0.4, -0.2) is 48.6 Å². The Balaban J connectivity index is 2.17. The molecule has 3 atom stereocenters. The summed E-state index contributed by atoms with van der Waals surface area (Å²) in [6.45, 7) is 9.40. The smallest absolute Gasteiger partial charge is 0.339 e. The van der Waals surface area contributed by atoms with E-state index >= 15 is 0 Å². The Labute approximate surface area is 160 Å². The van der Waals surface area contributed by atoms with Crippen molar-refractivity contribution >= 4 is 11.9 Å². The SMILES string of the molecule is CCO[C@@H]1C[C@@H](OC(=O)c2c(C)cc(C)cc2C)[C@H](O)C=C1COC(C)=O. The lowest BCUT2D eigenvalue weighted by molar-refractivity contribution is -0.140. The Morgan fingerprint density at radius 3 is 2.37 bits per heavy atom. The first-order chi connectivity index (χ1) is 12.7. The van der Waals surface area contributed by atoms with Gasteiger partial charge >= 0.3 is 11.9 Å². The fraction of sp³-hybridized carbons (Fsp3) is 0.524. The summed E-state index contributed by atoms with van der Waals surface area (Å²) in [5, 5.41) is 10.4. The Morgan fingerprint density at radius 2 is 1.81 bits per heavy atom. The number of aliphatic hydroxyl groups is 1. The van der Waals surface area contributed by atoms with Crippen LogP contribution in [0.3, 0.4) is 0 Å². The zero-order valence-electron chi connectivity index (χ0n) is 16.6. The summed E-state index contributed by atoms with van der Waals surface area (Å²) in [6, 6.07) is 3.86. The van der Waals surface area contributed by atoms with Gasteiger partial charge < -0.3 is 19.3 Å². The highest BCUT2D eigenvalue weighted by Crippen LogP contribution is 2.27. The molecule has 0 bridgehead atoms. The van der Waals surface area contributed by atoms with Crippen molar-refractivity contribution < 1.29 is 28.9 Å². The van der Waals surface area contributed by atoms with Crippen molar-refractivity contribution in [2.24, 2.45) is 0 Å². The highest BCUT2D eigenvalue weighted by Gasteiger charge is 2.34. The topological polar surface area (TPSA) is 82.1 Å². The molecule has 1 aliphatic rings. The normalized spacial score (nSPS) is 22.1. The molecule has 2 rings (SSSR count). The number of aliphatic hydroxyl groups excluding tert-OH is 1. The molecule has 0 saturated carbocycles. The van der Waals surface area contributed by atoms with Crippen LogP contribution >= 0.6 is 0 Å². The average molecular weight is 376 g/mol. The van der Waals surface area contributed by atoms with Crippen LogP contribution in [0.15, 0.2) is 23.8 Å². The average Bonchev–Trinajstić information content (AvgIpc) is 2.55. The minimum absolute atomic E-state index is 0.0495. The number of carbonyl (C=O) groups is 2. The molecule has 1 N–H and O–H groups in total. The first-order valence-corrected chi connectivity index (χ1v) is 9.15. The molecule has 1 aromatic rings. The molecule has 148 valence electrons. The van der Waals surface area contributed by atoms with Crippen LogP contribution in [-0.2, 0) is 19.0 Å². The fourth-order valence-electron chi connectivity index (χ4n) is 3.45. The fourth-order valence-corrected chi connectivity index (χ4v) is 3.45. The number of hydrogen-bond donors (Lipinski definition) is 1. The van der Waals surface area contributed by atoms with Crippen molar-refractivity contribution in [2.45, 2.75) is 59.4 Å². The number of aryl methyl sites for hydroxylation is 3. The zero-order chi connectivity index (χ0) is 20.1. The van der Waals surface area contributed by atoms with E-state index in [4.69, 9.17) is 14.2 Å². The maximum absolute atomic E-state index is 12.7. The van der Waals surface area contributed by atoms with Crippen molar-refractivity contribution in [3.8, 4) is 0 Å². The standard InChI is InChI=1S/C21H28O6/c1-6-25-18-10-19(17(23)9-16(18)11-26-15(5)22)27-21(24)20-13(3)7-12(2)8-14(20)4/h7-9,17-19,23H,6,10-11H2,1-5H3/t17-,18-,19-/m1/s1. The van der Waals surface area contributed by atoms with Gasteiger partial charge in [0.15, 0.2) is 0 Å². The van der Waals surface area contributed by atoms with Gasteiger partial charge in [-0.2, -0.15) is 0 Å². The highest BCUT2D eigenvalue weighted by atomic mass is 16.6. The molecule has 0 aliphatic heterocycles. The van der Waals surface area contributed by atoms with E-state index in [-0.39, 0.29) is 12.7 Å². The van der Waals surface area contributed by atoms with Gasteiger partial charge in [0.1, 0.15) is 18.8 Å². The molecule has 6 nitrogen and oxygen atoms in total. The van der Waals surface area contributed by atoms with Gasteiger partial charge in [-0.1, -0.05) is 17.7 Å². The Kier molecular flexibility index (Phi) is 7.16. The summed E-state index contributed by atoms with van der Waals surface area (Å²) in [6.07, 6.45) is -0.231. The largest absolute Gasteiger partial charge is 0.461 e. The van der Waals surface area contributed by atoms with Crippen LogP contribution in [0.25, 0.3) is 0 Å². The van der Waals surface area contributed by atoms with E-state index in [1.54, 1.807) is 6.08 Å². The minimum Gasteiger partial charge on any atom is -0.461 e. The first-order valence-electron chi connectivity index (χ1n) is 9.15. The monoisotopic (exact) mass is 376 g/mol. The van der Waals surface area contributed by atoms with Gasteiger partial charge in [-0.3, -0.25) is 4.79 Å². The Hall–Kier alpha value is -2.18. The molecule has 0 fully saturated rings. The molecule has 0 heterocycles. The molecule has 6 heteroatoms. The van der Waals surface area contributed by atoms with Crippen LogP contribution in [0.4, 0.5) is 0 Å². The maximum atomic E-state index is 12.7. The number of ether oxygens (including phenoxy) is 3. The summed E-state index contributed by atoms with van der Waals surface area (Å²) in [7, 11) is 0. The lowest BCUT2D eigenvalue weighted by Gasteiger charge is -2.32. The predicted octanol–water partition coefficient (Wildman–Crippen LogP) is 2.80. The van der Waals surface area contributed by atoms with E-state index in [0.717, 1.165) is 16.7 Å². The van der Waals surface area contributed by atoms with Gasteiger partial charge in [0, 0.05) is 20.0 Å². The van der Waals surface area contributed by atoms with Crippen LogP contribution in [0, 0.1) is 20.8 Å². The van der Waals surface area contributed by atoms with Crippen molar-refractivity contribution in [1.29, 1.82) is 0 Å². The van der Waals surface area contributed by atoms with Crippen LogP contribution in [0.1, 0.15) is 47.3 Å².